The van der Waals surface area contributed by atoms with Crippen LogP contribution in [0.5, 0.6) is 0 Å². The first-order chi connectivity index (χ1) is 16.5. The minimum atomic E-state index is -4.09. The number of pyridine rings is 1. The summed E-state index contributed by atoms with van der Waals surface area (Å²) < 4.78 is 72.4. The smallest absolute Gasteiger partial charge is 0.294 e. The van der Waals surface area contributed by atoms with Crippen molar-refractivity contribution in [3.8, 4) is 11.1 Å². The maximum atomic E-state index is 15.3. The molecule has 0 saturated carbocycles. The lowest BCUT2D eigenvalue weighted by atomic mass is 10.0. The molecule has 0 aliphatic heterocycles. The SMILES string of the molecule is Nc1nc2cc(-c3ccc(Cl)c(C(=O)NCC(F)(F)[C@H](O)c4ccc(F)cc4F)c3F)ccn2n1. The zero-order chi connectivity index (χ0) is 25.5. The number of alkyl halides is 2. The van der Waals surface area contributed by atoms with E-state index in [1.807, 2.05) is 0 Å². The molecule has 2 aromatic heterocycles. The number of anilines is 1. The molecule has 7 nitrogen and oxygen atoms in total. The third-order valence-electron chi connectivity index (χ3n) is 5.12. The highest BCUT2D eigenvalue weighted by atomic mass is 35.5. The van der Waals surface area contributed by atoms with Crippen LogP contribution < -0.4 is 11.1 Å². The maximum absolute atomic E-state index is 15.3. The number of halogens is 6. The van der Waals surface area contributed by atoms with E-state index in [0.29, 0.717) is 23.8 Å². The molecule has 0 aliphatic rings. The normalized spacial score (nSPS) is 12.7. The van der Waals surface area contributed by atoms with E-state index in [0.717, 1.165) is 0 Å². The average molecular weight is 512 g/mol. The van der Waals surface area contributed by atoms with Crippen LogP contribution >= 0.6 is 11.6 Å². The van der Waals surface area contributed by atoms with Crippen molar-refractivity contribution in [2.45, 2.75) is 12.0 Å². The Morgan fingerprint density at radius 1 is 1.17 bits per heavy atom. The number of rotatable bonds is 6. The highest BCUT2D eigenvalue weighted by Crippen LogP contribution is 2.34. The Bertz CT molecular complexity index is 1450. The summed E-state index contributed by atoms with van der Waals surface area (Å²) in [4.78, 5) is 16.5. The summed E-state index contributed by atoms with van der Waals surface area (Å²) in [6.45, 7) is -1.49. The Morgan fingerprint density at radius 2 is 1.91 bits per heavy atom. The number of nitrogens with zero attached hydrogens (tertiary/aromatic N) is 3. The number of aliphatic hydroxyl groups excluding tert-OH is 1. The fraction of sp³-hybridized carbons (Fsp3) is 0.136. The maximum Gasteiger partial charge on any atom is 0.294 e. The van der Waals surface area contributed by atoms with Crippen LogP contribution in [0.25, 0.3) is 16.8 Å². The molecule has 2 aromatic carbocycles. The van der Waals surface area contributed by atoms with Gasteiger partial charge in [-0.3, -0.25) is 4.79 Å². The third kappa shape index (κ3) is 4.75. The van der Waals surface area contributed by atoms with Crippen LogP contribution in [0.2, 0.25) is 5.02 Å². The summed E-state index contributed by atoms with van der Waals surface area (Å²) >= 11 is 5.96. The lowest BCUT2D eigenvalue weighted by molar-refractivity contribution is -0.107. The van der Waals surface area contributed by atoms with Gasteiger partial charge in [-0.25, -0.2) is 26.5 Å². The number of aliphatic hydroxyl groups is 1. The predicted molar refractivity (Wildman–Crippen MR) is 116 cm³/mol. The topological polar surface area (TPSA) is 106 Å². The number of fused-ring (bicyclic) bond motifs is 1. The Morgan fingerprint density at radius 3 is 2.63 bits per heavy atom. The lowest BCUT2D eigenvalue weighted by Gasteiger charge is -2.24. The number of carbonyl (C=O) groups is 1. The summed E-state index contributed by atoms with van der Waals surface area (Å²) in [5.41, 5.74) is 4.43. The second-order valence-corrected chi connectivity index (χ2v) is 7.89. The van der Waals surface area contributed by atoms with Crippen LogP contribution in [0.3, 0.4) is 0 Å². The summed E-state index contributed by atoms with van der Waals surface area (Å²) in [7, 11) is 0. The molecule has 1 atom stereocenters. The Balaban J connectivity index is 1.58. The van der Waals surface area contributed by atoms with Gasteiger partial charge in [0.15, 0.2) is 5.65 Å². The van der Waals surface area contributed by atoms with Crippen LogP contribution in [-0.2, 0) is 0 Å². The molecular weight excluding hydrogens is 497 g/mol. The number of nitrogens with one attached hydrogen (secondary N) is 1. The minimum Gasteiger partial charge on any atom is -0.382 e. The Labute approximate surface area is 199 Å². The predicted octanol–water partition coefficient (Wildman–Crippen LogP) is 4.15. The van der Waals surface area contributed by atoms with Gasteiger partial charge in [0.2, 0.25) is 5.95 Å². The van der Waals surface area contributed by atoms with Crippen LogP contribution in [0.1, 0.15) is 22.0 Å². The number of amides is 1. The van der Waals surface area contributed by atoms with Crippen molar-refractivity contribution in [3.05, 3.63) is 82.3 Å². The van der Waals surface area contributed by atoms with Gasteiger partial charge in [0.25, 0.3) is 11.8 Å². The van der Waals surface area contributed by atoms with Crippen LogP contribution in [0, 0.1) is 17.5 Å². The molecule has 0 saturated heterocycles. The van der Waals surface area contributed by atoms with Crippen molar-refractivity contribution in [3.63, 3.8) is 0 Å². The second-order valence-electron chi connectivity index (χ2n) is 7.48. The van der Waals surface area contributed by atoms with E-state index in [1.165, 1.54) is 35.0 Å². The molecule has 0 spiro atoms. The fourth-order valence-electron chi connectivity index (χ4n) is 3.38. The molecule has 4 N–H and O–H groups in total. The largest absolute Gasteiger partial charge is 0.382 e. The second kappa shape index (κ2) is 9.12. The summed E-state index contributed by atoms with van der Waals surface area (Å²) in [5, 5.41) is 15.2. The van der Waals surface area contributed by atoms with Crippen LogP contribution in [-0.4, -0.2) is 38.1 Å². The van der Waals surface area contributed by atoms with Gasteiger partial charge >= 0.3 is 0 Å². The molecule has 0 radical (unpaired) electrons. The highest BCUT2D eigenvalue weighted by Gasteiger charge is 2.41. The van der Waals surface area contributed by atoms with Gasteiger partial charge in [-0.05, 0) is 35.9 Å². The van der Waals surface area contributed by atoms with Gasteiger partial charge in [0.1, 0.15) is 23.6 Å². The highest BCUT2D eigenvalue weighted by molar-refractivity contribution is 6.34. The van der Waals surface area contributed by atoms with E-state index in [2.05, 4.69) is 10.1 Å². The first-order valence-corrected chi connectivity index (χ1v) is 10.2. The molecule has 4 rings (SSSR count). The number of nitrogen functional groups attached to an aromatic ring is 1. The Hall–Kier alpha value is -3.77. The van der Waals surface area contributed by atoms with Crippen LogP contribution in [0.4, 0.5) is 27.9 Å². The zero-order valence-corrected chi connectivity index (χ0v) is 18.2. The summed E-state index contributed by atoms with van der Waals surface area (Å²) in [6, 6.07) is 7.09. The number of hydrogen-bond acceptors (Lipinski definition) is 5. The van der Waals surface area contributed by atoms with E-state index in [-0.39, 0.29) is 22.1 Å². The molecule has 0 fully saturated rings. The van der Waals surface area contributed by atoms with Crippen molar-refractivity contribution in [2.24, 2.45) is 0 Å². The molecule has 0 unspecified atom stereocenters. The number of carbonyl (C=O) groups excluding carboxylic acids is 1. The van der Waals surface area contributed by atoms with E-state index >= 15 is 4.39 Å². The van der Waals surface area contributed by atoms with E-state index in [1.54, 1.807) is 5.32 Å². The van der Waals surface area contributed by atoms with Crippen LogP contribution in [0.15, 0.2) is 48.7 Å². The van der Waals surface area contributed by atoms with Gasteiger partial charge in [-0.15, -0.1) is 5.10 Å². The third-order valence-corrected chi connectivity index (χ3v) is 5.44. The summed E-state index contributed by atoms with van der Waals surface area (Å²) in [5.74, 6) is -8.91. The van der Waals surface area contributed by atoms with Gasteiger partial charge in [0, 0.05) is 23.4 Å². The monoisotopic (exact) mass is 511 g/mol. The number of aromatic nitrogens is 3. The van der Waals surface area contributed by atoms with Crippen molar-refractivity contribution >= 4 is 29.1 Å². The van der Waals surface area contributed by atoms with Crippen molar-refractivity contribution in [2.75, 3.05) is 12.3 Å². The first-order valence-electron chi connectivity index (χ1n) is 9.87. The molecule has 2 heterocycles. The van der Waals surface area contributed by atoms with Crippen molar-refractivity contribution in [1.82, 2.24) is 19.9 Å². The first kappa shape index (κ1) is 24.4. The van der Waals surface area contributed by atoms with Gasteiger partial charge < -0.3 is 16.2 Å². The number of nitrogens with two attached hydrogens (primary N) is 1. The summed E-state index contributed by atoms with van der Waals surface area (Å²) in [6.07, 6.45) is -1.25. The van der Waals surface area contributed by atoms with E-state index in [9.17, 15) is 27.5 Å². The minimum absolute atomic E-state index is 0.0116. The van der Waals surface area contributed by atoms with Crippen molar-refractivity contribution in [1.29, 1.82) is 0 Å². The quantitative estimate of drug-likeness (QED) is 0.337. The molecule has 4 aromatic rings. The van der Waals surface area contributed by atoms with E-state index in [4.69, 9.17) is 17.3 Å². The molecule has 13 heteroatoms. The molecular formula is C22H15ClF5N5O2. The molecule has 1 amide bonds. The van der Waals surface area contributed by atoms with Gasteiger partial charge in [-0.2, -0.15) is 4.98 Å². The van der Waals surface area contributed by atoms with E-state index < -0.39 is 53.1 Å². The molecule has 0 bridgehead atoms. The molecule has 0 aliphatic carbocycles. The molecule has 182 valence electrons. The Kier molecular flexibility index (Phi) is 6.34. The number of hydrogen-bond donors (Lipinski definition) is 3. The zero-order valence-electron chi connectivity index (χ0n) is 17.4. The van der Waals surface area contributed by atoms with Gasteiger partial charge in [0.05, 0.1) is 17.1 Å². The number of benzene rings is 2. The molecule has 35 heavy (non-hydrogen) atoms. The fourth-order valence-corrected chi connectivity index (χ4v) is 3.62. The van der Waals surface area contributed by atoms with Gasteiger partial charge in [-0.1, -0.05) is 17.7 Å². The lowest BCUT2D eigenvalue weighted by Crippen LogP contribution is -2.41. The van der Waals surface area contributed by atoms with Crippen molar-refractivity contribution < 1.29 is 31.9 Å². The average Bonchev–Trinajstić information content (AvgIpc) is 3.16. The standard InChI is InChI=1S/C22H15ClF5N5O2/c23-14-4-3-12(10-5-6-33-16(7-10)31-21(29)32-33)18(26)17(14)20(35)30-9-22(27,28)19(34)13-2-1-11(24)8-15(13)25/h1-8,19,34H,9H2,(H2,29,32)(H,30,35)/t19-/m1/s1.